The van der Waals surface area contributed by atoms with Gasteiger partial charge in [0, 0.05) is 17.2 Å². The molecule has 1 aromatic carbocycles. The van der Waals surface area contributed by atoms with E-state index in [9.17, 15) is 29.4 Å². The van der Waals surface area contributed by atoms with Gasteiger partial charge in [-0.1, -0.05) is 11.6 Å². The maximum absolute atomic E-state index is 12.2. The summed E-state index contributed by atoms with van der Waals surface area (Å²) < 4.78 is 15.6. The molecule has 0 saturated carbocycles. The van der Waals surface area contributed by atoms with Crippen molar-refractivity contribution in [3.63, 3.8) is 0 Å². The molecule has 1 atom stereocenters. The average molecular weight is 455 g/mol. The zero-order valence-electron chi connectivity index (χ0n) is 16.6. The summed E-state index contributed by atoms with van der Waals surface area (Å²) in [5, 5.41) is 18.9. The average Bonchev–Trinajstić information content (AvgIpc) is 2.67. The summed E-state index contributed by atoms with van der Waals surface area (Å²) in [4.78, 5) is 49.5. The lowest BCUT2D eigenvalue weighted by Gasteiger charge is -2.19. The molecular formula is C19H19ClN2O9. The first-order valence-corrected chi connectivity index (χ1v) is 9.14. The van der Waals surface area contributed by atoms with Crippen LogP contribution in [-0.2, 0) is 9.53 Å². The molecule has 11 nitrogen and oxygen atoms in total. The van der Waals surface area contributed by atoms with E-state index in [4.69, 9.17) is 31.5 Å². The van der Waals surface area contributed by atoms with Crippen molar-refractivity contribution in [3.8, 4) is 22.6 Å². The highest BCUT2D eigenvalue weighted by molar-refractivity contribution is 6.34. The van der Waals surface area contributed by atoms with Crippen LogP contribution in [0.15, 0.2) is 16.9 Å². The number of aromatic carboxylic acids is 2. The topological polar surface area (TPSA) is 178 Å². The Hall–Kier alpha value is -3.73. The van der Waals surface area contributed by atoms with Gasteiger partial charge in [0.05, 0.1) is 18.7 Å². The van der Waals surface area contributed by atoms with Gasteiger partial charge in [-0.2, -0.15) is 0 Å². The Labute approximate surface area is 180 Å². The van der Waals surface area contributed by atoms with E-state index in [1.165, 1.54) is 26.2 Å². The molecular weight excluding hydrogens is 436 g/mol. The van der Waals surface area contributed by atoms with Gasteiger partial charge < -0.3 is 35.1 Å². The van der Waals surface area contributed by atoms with Crippen LogP contribution in [0.1, 0.15) is 34.6 Å². The Morgan fingerprint density at radius 2 is 1.77 bits per heavy atom. The number of ether oxygens (including phenoxy) is 3. The summed E-state index contributed by atoms with van der Waals surface area (Å²) in [6.07, 6.45) is -1.03. The number of esters is 1. The molecule has 1 aromatic heterocycles. The van der Waals surface area contributed by atoms with Crippen LogP contribution in [0.5, 0.6) is 11.5 Å². The zero-order valence-corrected chi connectivity index (χ0v) is 17.4. The summed E-state index contributed by atoms with van der Waals surface area (Å²) in [7, 11) is 1.26. The van der Waals surface area contributed by atoms with Gasteiger partial charge in [0.15, 0.2) is 17.6 Å². The number of anilines is 1. The van der Waals surface area contributed by atoms with Crippen molar-refractivity contribution in [3.05, 3.63) is 38.6 Å². The quantitative estimate of drug-likeness (QED) is 0.431. The number of aromatic nitrogens is 1. The minimum absolute atomic E-state index is 0.00312. The number of nitrogen functional groups attached to an aromatic ring is 1. The smallest absolute Gasteiger partial charge is 0.347 e. The van der Waals surface area contributed by atoms with Crippen molar-refractivity contribution >= 4 is 35.3 Å². The Morgan fingerprint density at radius 1 is 1.16 bits per heavy atom. The molecule has 1 unspecified atom stereocenters. The van der Waals surface area contributed by atoms with E-state index in [-0.39, 0.29) is 28.7 Å². The van der Waals surface area contributed by atoms with E-state index in [2.05, 4.69) is 0 Å². The molecule has 0 spiro atoms. The summed E-state index contributed by atoms with van der Waals surface area (Å²) in [6, 6.07) is 2.38. The number of aromatic amines is 1. The van der Waals surface area contributed by atoms with Crippen LogP contribution in [0.4, 0.5) is 5.82 Å². The van der Waals surface area contributed by atoms with Crippen LogP contribution in [0.3, 0.4) is 0 Å². The van der Waals surface area contributed by atoms with Gasteiger partial charge in [-0.15, -0.1) is 0 Å². The van der Waals surface area contributed by atoms with Gasteiger partial charge in [-0.3, -0.25) is 4.79 Å². The van der Waals surface area contributed by atoms with Crippen LogP contribution in [0.2, 0.25) is 5.02 Å². The molecule has 1 heterocycles. The van der Waals surface area contributed by atoms with E-state index in [1.807, 2.05) is 4.98 Å². The highest BCUT2D eigenvalue weighted by Gasteiger charge is 2.29. The van der Waals surface area contributed by atoms with Crippen LogP contribution >= 0.6 is 11.6 Å². The standard InChI is InChI=1S/C19H19ClN2O9/c1-4-30-19(28)7(2)31-11-6-9(20)8(5-10(11)29-3)12-13(17(24)25)15(21)22-16(23)14(12)18(26)27/h5-7H,4H2,1-3H3,(H,24,25)(H,26,27)(H3,21,22,23). The van der Waals surface area contributed by atoms with Crippen LogP contribution in [0, 0.1) is 0 Å². The number of hydrogen-bond acceptors (Lipinski definition) is 8. The van der Waals surface area contributed by atoms with Crippen LogP contribution in [0.25, 0.3) is 11.1 Å². The van der Waals surface area contributed by atoms with Gasteiger partial charge in [0.1, 0.15) is 16.9 Å². The Kier molecular flexibility index (Phi) is 7.13. The van der Waals surface area contributed by atoms with E-state index < -0.39 is 52.1 Å². The van der Waals surface area contributed by atoms with Crippen molar-refractivity contribution in [2.24, 2.45) is 0 Å². The second-order valence-electron chi connectivity index (χ2n) is 6.10. The minimum Gasteiger partial charge on any atom is -0.493 e. The van der Waals surface area contributed by atoms with Gasteiger partial charge >= 0.3 is 17.9 Å². The number of carbonyl (C=O) groups excluding carboxylic acids is 1. The number of pyridine rings is 1. The lowest BCUT2D eigenvalue weighted by molar-refractivity contribution is -0.150. The first kappa shape index (κ1) is 23.5. The second-order valence-corrected chi connectivity index (χ2v) is 6.51. The molecule has 0 fully saturated rings. The van der Waals surface area contributed by atoms with Gasteiger partial charge in [0.2, 0.25) is 0 Å². The largest absolute Gasteiger partial charge is 0.493 e. The predicted molar refractivity (Wildman–Crippen MR) is 109 cm³/mol. The summed E-state index contributed by atoms with van der Waals surface area (Å²) in [6.45, 7) is 3.20. The molecule has 12 heteroatoms. The summed E-state index contributed by atoms with van der Waals surface area (Å²) in [5.41, 5.74) is 2.33. The molecule has 0 saturated heterocycles. The van der Waals surface area contributed by atoms with Crippen molar-refractivity contribution in [2.45, 2.75) is 20.0 Å². The fourth-order valence-electron chi connectivity index (χ4n) is 2.79. The molecule has 0 amide bonds. The third kappa shape index (κ3) is 4.72. The Bertz CT molecular complexity index is 1110. The number of benzene rings is 1. The number of carboxylic acid groups (broad SMARTS) is 2. The van der Waals surface area contributed by atoms with E-state index in [1.54, 1.807) is 6.92 Å². The van der Waals surface area contributed by atoms with Crippen molar-refractivity contribution in [1.82, 2.24) is 4.98 Å². The number of methoxy groups -OCH3 is 1. The number of halogens is 1. The number of carbonyl (C=O) groups is 3. The fourth-order valence-corrected chi connectivity index (χ4v) is 3.04. The van der Waals surface area contributed by atoms with Crippen molar-refractivity contribution in [2.75, 3.05) is 19.5 Å². The van der Waals surface area contributed by atoms with Gasteiger partial charge in [-0.05, 0) is 19.9 Å². The molecule has 31 heavy (non-hydrogen) atoms. The highest BCUT2D eigenvalue weighted by atomic mass is 35.5. The lowest BCUT2D eigenvalue weighted by Crippen LogP contribution is -2.26. The minimum atomic E-state index is -1.69. The van der Waals surface area contributed by atoms with Gasteiger partial charge in [-0.25, -0.2) is 14.4 Å². The fraction of sp³-hybridized carbons (Fsp3) is 0.263. The molecule has 0 aliphatic heterocycles. The lowest BCUT2D eigenvalue weighted by atomic mass is 9.95. The number of rotatable bonds is 8. The van der Waals surface area contributed by atoms with Crippen molar-refractivity contribution in [1.29, 1.82) is 0 Å². The summed E-state index contributed by atoms with van der Waals surface area (Å²) >= 11 is 6.28. The van der Waals surface area contributed by atoms with E-state index in [0.29, 0.717) is 0 Å². The maximum Gasteiger partial charge on any atom is 0.347 e. The molecule has 0 radical (unpaired) electrons. The van der Waals surface area contributed by atoms with Gasteiger partial charge in [0.25, 0.3) is 5.56 Å². The normalized spacial score (nSPS) is 11.5. The molecule has 2 aromatic rings. The molecule has 166 valence electrons. The number of nitrogens with one attached hydrogen (secondary N) is 1. The zero-order chi connectivity index (χ0) is 23.5. The number of carboxylic acids is 2. The van der Waals surface area contributed by atoms with E-state index >= 15 is 0 Å². The monoisotopic (exact) mass is 454 g/mol. The third-order valence-electron chi connectivity index (χ3n) is 4.12. The predicted octanol–water partition coefficient (Wildman–Crippen LogP) is 2.01. The van der Waals surface area contributed by atoms with Crippen LogP contribution in [-0.4, -0.2) is 52.9 Å². The maximum atomic E-state index is 12.2. The number of hydrogen-bond donors (Lipinski definition) is 4. The number of nitrogens with two attached hydrogens (primary N) is 1. The molecule has 0 aliphatic carbocycles. The van der Waals surface area contributed by atoms with Crippen LogP contribution < -0.4 is 20.8 Å². The third-order valence-corrected chi connectivity index (χ3v) is 4.43. The Balaban J connectivity index is 2.76. The first-order chi connectivity index (χ1) is 14.5. The molecule has 0 bridgehead atoms. The molecule has 2 rings (SSSR count). The molecule has 0 aliphatic rings. The molecule has 5 N–H and O–H groups in total. The first-order valence-electron chi connectivity index (χ1n) is 8.76. The number of H-pyrrole nitrogens is 1. The Morgan fingerprint density at radius 3 is 2.29 bits per heavy atom. The highest BCUT2D eigenvalue weighted by Crippen LogP contribution is 2.41. The summed E-state index contributed by atoms with van der Waals surface area (Å²) in [5.74, 6) is -4.48. The second kappa shape index (κ2) is 9.39. The SMILES string of the molecule is CCOC(=O)C(C)Oc1cc(Cl)c(-c2c(C(=O)O)c(N)[nH]c(=O)c2C(=O)O)cc1OC. The van der Waals surface area contributed by atoms with Crippen molar-refractivity contribution < 1.29 is 38.8 Å². The van der Waals surface area contributed by atoms with E-state index in [0.717, 1.165) is 0 Å².